The number of carbonyl (C=O) groups excluding carboxylic acids is 1. The Bertz CT molecular complexity index is 839. The van der Waals surface area contributed by atoms with Gasteiger partial charge in [-0.1, -0.05) is 42.0 Å². The van der Waals surface area contributed by atoms with Crippen LogP contribution in [-0.2, 0) is 18.3 Å². The minimum Gasteiger partial charge on any atom is -0.326 e. The normalized spacial score (nSPS) is 10.6. The van der Waals surface area contributed by atoms with Crippen LogP contribution in [0.5, 0.6) is 0 Å². The van der Waals surface area contributed by atoms with E-state index in [0.717, 1.165) is 23.2 Å². The van der Waals surface area contributed by atoms with Gasteiger partial charge < -0.3 is 5.32 Å². The van der Waals surface area contributed by atoms with Gasteiger partial charge in [-0.3, -0.25) is 4.79 Å². The van der Waals surface area contributed by atoms with Crippen molar-refractivity contribution in [1.82, 2.24) is 20.2 Å². The SMILES string of the molecule is Cc1ccc(CCC(=O)Nc2cccc(-c3nnnn3C)c2)cc1. The molecule has 0 unspecified atom stereocenters. The third-order valence-electron chi connectivity index (χ3n) is 3.79. The van der Waals surface area contributed by atoms with Gasteiger partial charge in [0.25, 0.3) is 0 Å². The number of tetrazole rings is 1. The Labute approximate surface area is 140 Å². The summed E-state index contributed by atoms with van der Waals surface area (Å²) in [5, 5.41) is 14.4. The second kappa shape index (κ2) is 7.04. The monoisotopic (exact) mass is 321 g/mol. The van der Waals surface area contributed by atoms with E-state index in [2.05, 4.69) is 52.0 Å². The molecule has 0 spiro atoms. The summed E-state index contributed by atoms with van der Waals surface area (Å²) in [7, 11) is 1.78. The maximum atomic E-state index is 12.2. The van der Waals surface area contributed by atoms with E-state index in [1.807, 2.05) is 24.3 Å². The Balaban J connectivity index is 1.62. The molecule has 1 N–H and O–H groups in total. The van der Waals surface area contributed by atoms with Crippen LogP contribution in [0.3, 0.4) is 0 Å². The van der Waals surface area contributed by atoms with Crippen LogP contribution in [0, 0.1) is 6.92 Å². The average Bonchev–Trinajstić information content (AvgIpc) is 3.01. The van der Waals surface area contributed by atoms with Gasteiger partial charge >= 0.3 is 0 Å². The molecule has 0 radical (unpaired) electrons. The molecule has 2 aromatic carbocycles. The highest BCUT2D eigenvalue weighted by molar-refractivity contribution is 5.91. The summed E-state index contributed by atoms with van der Waals surface area (Å²) in [5.41, 5.74) is 3.98. The molecule has 0 bridgehead atoms. The summed E-state index contributed by atoms with van der Waals surface area (Å²) in [4.78, 5) is 12.2. The molecule has 0 fully saturated rings. The van der Waals surface area contributed by atoms with Crippen molar-refractivity contribution in [3.8, 4) is 11.4 Å². The van der Waals surface area contributed by atoms with E-state index < -0.39 is 0 Å². The zero-order valence-corrected chi connectivity index (χ0v) is 13.7. The number of aromatic nitrogens is 4. The van der Waals surface area contributed by atoms with Gasteiger partial charge in [-0.15, -0.1) is 5.10 Å². The number of aryl methyl sites for hydroxylation is 3. The molecule has 0 aliphatic heterocycles. The molecular weight excluding hydrogens is 302 g/mol. The van der Waals surface area contributed by atoms with Crippen LogP contribution < -0.4 is 5.32 Å². The molecule has 1 amide bonds. The molecule has 3 rings (SSSR count). The van der Waals surface area contributed by atoms with Crippen molar-refractivity contribution in [2.45, 2.75) is 19.8 Å². The molecular formula is C18H19N5O. The van der Waals surface area contributed by atoms with Crippen LogP contribution in [0.15, 0.2) is 48.5 Å². The van der Waals surface area contributed by atoms with Gasteiger partial charge in [-0.05, 0) is 41.5 Å². The van der Waals surface area contributed by atoms with Crippen LogP contribution in [0.2, 0.25) is 0 Å². The molecule has 122 valence electrons. The van der Waals surface area contributed by atoms with Crippen molar-refractivity contribution in [1.29, 1.82) is 0 Å². The fraction of sp³-hybridized carbons (Fsp3) is 0.222. The number of carbonyl (C=O) groups is 1. The molecule has 24 heavy (non-hydrogen) atoms. The third kappa shape index (κ3) is 3.84. The van der Waals surface area contributed by atoms with E-state index in [4.69, 9.17) is 0 Å². The van der Waals surface area contributed by atoms with Gasteiger partial charge in [0.1, 0.15) is 0 Å². The Morgan fingerprint density at radius 3 is 2.67 bits per heavy atom. The second-order valence-electron chi connectivity index (χ2n) is 5.74. The molecule has 6 heteroatoms. The summed E-state index contributed by atoms with van der Waals surface area (Å²) in [6, 6.07) is 15.8. The quantitative estimate of drug-likeness (QED) is 0.784. The van der Waals surface area contributed by atoms with E-state index >= 15 is 0 Å². The molecule has 0 aliphatic carbocycles. The van der Waals surface area contributed by atoms with Gasteiger partial charge in [0.2, 0.25) is 5.91 Å². The van der Waals surface area contributed by atoms with Gasteiger partial charge in [-0.25, -0.2) is 4.68 Å². The van der Waals surface area contributed by atoms with Crippen LogP contribution >= 0.6 is 0 Å². The standard InChI is InChI=1S/C18H19N5O/c1-13-6-8-14(9-7-13)10-11-17(24)19-16-5-3-4-15(12-16)18-20-21-22-23(18)2/h3-9,12H,10-11H2,1-2H3,(H,19,24). The molecule has 0 aliphatic rings. The lowest BCUT2D eigenvalue weighted by Gasteiger charge is -2.07. The minimum atomic E-state index is -0.0104. The number of nitrogens with zero attached hydrogens (tertiary/aromatic N) is 4. The molecule has 0 saturated carbocycles. The molecule has 3 aromatic rings. The van der Waals surface area contributed by atoms with E-state index in [1.54, 1.807) is 11.7 Å². The average molecular weight is 321 g/mol. The lowest BCUT2D eigenvalue weighted by atomic mass is 10.1. The zero-order valence-electron chi connectivity index (χ0n) is 13.7. The predicted octanol–water partition coefficient (Wildman–Crippen LogP) is 2.76. The van der Waals surface area contributed by atoms with Crippen molar-refractivity contribution in [2.24, 2.45) is 7.05 Å². The van der Waals surface area contributed by atoms with Crippen molar-refractivity contribution in [3.63, 3.8) is 0 Å². The van der Waals surface area contributed by atoms with Gasteiger partial charge in [0.05, 0.1) is 0 Å². The highest BCUT2D eigenvalue weighted by Crippen LogP contribution is 2.19. The van der Waals surface area contributed by atoms with Crippen LogP contribution in [-0.4, -0.2) is 26.1 Å². The van der Waals surface area contributed by atoms with Crippen molar-refractivity contribution < 1.29 is 4.79 Å². The number of rotatable bonds is 5. The Hall–Kier alpha value is -3.02. The Morgan fingerprint density at radius 1 is 1.17 bits per heavy atom. The fourth-order valence-corrected chi connectivity index (χ4v) is 2.45. The van der Waals surface area contributed by atoms with E-state index in [0.29, 0.717) is 12.2 Å². The summed E-state index contributed by atoms with van der Waals surface area (Å²) in [6.45, 7) is 2.05. The van der Waals surface area contributed by atoms with Crippen LogP contribution in [0.25, 0.3) is 11.4 Å². The summed E-state index contributed by atoms with van der Waals surface area (Å²) >= 11 is 0. The second-order valence-corrected chi connectivity index (χ2v) is 5.74. The zero-order chi connectivity index (χ0) is 16.9. The Kier molecular flexibility index (Phi) is 4.65. The van der Waals surface area contributed by atoms with Crippen molar-refractivity contribution >= 4 is 11.6 Å². The molecule has 0 atom stereocenters. The summed E-state index contributed by atoms with van der Waals surface area (Å²) in [5.74, 6) is 0.648. The van der Waals surface area contributed by atoms with Crippen LogP contribution in [0.4, 0.5) is 5.69 Å². The van der Waals surface area contributed by atoms with Crippen LogP contribution in [0.1, 0.15) is 17.5 Å². The smallest absolute Gasteiger partial charge is 0.224 e. The van der Waals surface area contributed by atoms with Gasteiger partial charge in [0, 0.05) is 24.7 Å². The molecule has 6 nitrogen and oxygen atoms in total. The third-order valence-corrected chi connectivity index (χ3v) is 3.79. The van der Waals surface area contributed by atoms with Crippen molar-refractivity contribution in [2.75, 3.05) is 5.32 Å². The number of hydrogen-bond acceptors (Lipinski definition) is 4. The summed E-state index contributed by atoms with van der Waals surface area (Å²) < 4.78 is 1.60. The highest BCUT2D eigenvalue weighted by atomic mass is 16.1. The highest BCUT2D eigenvalue weighted by Gasteiger charge is 2.08. The van der Waals surface area contributed by atoms with Gasteiger partial charge in [0.15, 0.2) is 5.82 Å². The maximum Gasteiger partial charge on any atom is 0.224 e. The number of amides is 1. The first-order valence-corrected chi connectivity index (χ1v) is 7.80. The summed E-state index contributed by atoms with van der Waals surface area (Å²) in [6.07, 6.45) is 1.16. The number of nitrogens with one attached hydrogen (secondary N) is 1. The Morgan fingerprint density at radius 2 is 1.96 bits per heavy atom. The van der Waals surface area contributed by atoms with Gasteiger partial charge in [-0.2, -0.15) is 0 Å². The fourth-order valence-electron chi connectivity index (χ4n) is 2.45. The molecule has 0 saturated heterocycles. The van der Waals surface area contributed by atoms with E-state index in [-0.39, 0.29) is 5.91 Å². The lowest BCUT2D eigenvalue weighted by molar-refractivity contribution is -0.116. The predicted molar refractivity (Wildman–Crippen MR) is 92.4 cm³/mol. The lowest BCUT2D eigenvalue weighted by Crippen LogP contribution is -2.12. The van der Waals surface area contributed by atoms with Crippen molar-refractivity contribution in [3.05, 3.63) is 59.7 Å². The number of hydrogen-bond donors (Lipinski definition) is 1. The number of anilines is 1. The molecule has 1 heterocycles. The topological polar surface area (TPSA) is 72.7 Å². The van der Waals surface area contributed by atoms with E-state index in [1.165, 1.54) is 5.56 Å². The molecule has 1 aromatic heterocycles. The minimum absolute atomic E-state index is 0.0104. The largest absolute Gasteiger partial charge is 0.326 e. The van der Waals surface area contributed by atoms with E-state index in [9.17, 15) is 4.79 Å². The first-order chi connectivity index (χ1) is 11.6. The maximum absolute atomic E-state index is 12.2. The first-order valence-electron chi connectivity index (χ1n) is 7.80. The first kappa shape index (κ1) is 15.9. The number of benzene rings is 2.